The molecule has 0 unspecified atom stereocenters. The fourth-order valence-electron chi connectivity index (χ4n) is 3.74. The van der Waals surface area contributed by atoms with E-state index < -0.39 is 0 Å². The van der Waals surface area contributed by atoms with Crippen LogP contribution in [0.4, 0.5) is 0 Å². The maximum Gasteiger partial charge on any atom is 0.307 e. The maximum atomic E-state index is 11.0. The van der Waals surface area contributed by atoms with Crippen molar-refractivity contribution in [1.82, 2.24) is 0 Å². The van der Waals surface area contributed by atoms with Crippen LogP contribution in [-0.2, 0) is 14.3 Å². The number of hydrogen-bond donors (Lipinski definition) is 0. The van der Waals surface area contributed by atoms with Gasteiger partial charge in [0.2, 0.25) is 0 Å². The lowest BCUT2D eigenvalue weighted by Gasteiger charge is -2.36. The molecule has 0 bridgehead atoms. The van der Waals surface area contributed by atoms with E-state index in [2.05, 4.69) is 6.07 Å². The van der Waals surface area contributed by atoms with E-state index in [4.69, 9.17) is 14.7 Å². The molecule has 2 aliphatic rings. The minimum atomic E-state index is -0.196. The summed E-state index contributed by atoms with van der Waals surface area (Å²) in [7, 11) is 0. The molecule has 4 nitrogen and oxygen atoms in total. The van der Waals surface area contributed by atoms with E-state index in [1.807, 2.05) is 0 Å². The van der Waals surface area contributed by atoms with E-state index in [9.17, 15) is 4.79 Å². The summed E-state index contributed by atoms with van der Waals surface area (Å²) in [5.74, 6) is 1.73. The minimum absolute atomic E-state index is 0.106. The number of rotatable bonds is 5. The van der Waals surface area contributed by atoms with E-state index in [-0.39, 0.29) is 18.9 Å². The second kappa shape index (κ2) is 8.38. The molecule has 0 aromatic rings. The number of hydrogen-bond acceptors (Lipinski definition) is 4. The van der Waals surface area contributed by atoms with Crippen LogP contribution in [0.25, 0.3) is 0 Å². The molecule has 0 atom stereocenters. The van der Waals surface area contributed by atoms with Gasteiger partial charge in [-0.1, -0.05) is 6.92 Å². The molecule has 0 saturated heterocycles. The molecule has 0 aliphatic heterocycles. The van der Waals surface area contributed by atoms with Gasteiger partial charge in [0.15, 0.2) is 6.79 Å². The summed E-state index contributed by atoms with van der Waals surface area (Å²) in [4.78, 5) is 11.0. The monoisotopic (exact) mass is 293 g/mol. The molecule has 0 amide bonds. The van der Waals surface area contributed by atoms with Crippen LogP contribution in [0.2, 0.25) is 0 Å². The third-order valence-corrected chi connectivity index (χ3v) is 5.15. The average Bonchev–Trinajstić information content (AvgIpc) is 2.55. The largest absolute Gasteiger partial charge is 0.438 e. The second-order valence-corrected chi connectivity index (χ2v) is 6.43. The van der Waals surface area contributed by atoms with Crippen LogP contribution in [0.3, 0.4) is 0 Å². The zero-order valence-electron chi connectivity index (χ0n) is 13.1. The van der Waals surface area contributed by atoms with Crippen LogP contribution in [0.5, 0.6) is 0 Å². The molecular weight excluding hydrogens is 266 g/mol. The Morgan fingerprint density at radius 3 is 2.14 bits per heavy atom. The van der Waals surface area contributed by atoms with Crippen molar-refractivity contribution in [3.63, 3.8) is 0 Å². The molecular formula is C17H27NO3. The SMILES string of the molecule is CCC(=O)OCOC1CCC(C2CCC(C#N)CC2)CC1. The van der Waals surface area contributed by atoms with Gasteiger partial charge in [-0.25, -0.2) is 0 Å². The van der Waals surface area contributed by atoms with Crippen LogP contribution in [0, 0.1) is 29.1 Å². The quantitative estimate of drug-likeness (QED) is 0.571. The Balaban J connectivity index is 1.62. The number of carbonyl (C=O) groups is 1. The molecule has 2 rings (SSSR count). The summed E-state index contributed by atoms with van der Waals surface area (Å²) < 4.78 is 10.6. The van der Waals surface area contributed by atoms with Gasteiger partial charge in [0.1, 0.15) is 0 Å². The fourth-order valence-corrected chi connectivity index (χ4v) is 3.74. The Labute approximate surface area is 127 Å². The first-order chi connectivity index (χ1) is 10.2. The van der Waals surface area contributed by atoms with Gasteiger partial charge in [-0.2, -0.15) is 5.26 Å². The predicted molar refractivity (Wildman–Crippen MR) is 79.1 cm³/mol. The lowest BCUT2D eigenvalue weighted by molar-refractivity contribution is -0.162. The molecule has 0 aromatic heterocycles. The predicted octanol–water partition coefficient (Wildman–Crippen LogP) is 3.80. The molecule has 0 aromatic carbocycles. The van der Waals surface area contributed by atoms with E-state index in [0.717, 1.165) is 37.5 Å². The summed E-state index contributed by atoms with van der Waals surface area (Å²) >= 11 is 0. The molecule has 21 heavy (non-hydrogen) atoms. The lowest BCUT2D eigenvalue weighted by Crippen LogP contribution is -2.29. The van der Waals surface area contributed by atoms with Crippen LogP contribution in [0.1, 0.15) is 64.7 Å². The third kappa shape index (κ3) is 5.00. The number of nitriles is 1. The summed E-state index contributed by atoms with van der Waals surface area (Å²) in [6, 6.07) is 2.41. The Morgan fingerprint density at radius 1 is 1.05 bits per heavy atom. The third-order valence-electron chi connectivity index (χ3n) is 5.15. The van der Waals surface area contributed by atoms with E-state index in [1.165, 1.54) is 25.7 Å². The number of ether oxygens (including phenoxy) is 2. The first kappa shape index (κ1) is 16.3. The standard InChI is InChI=1S/C17H27NO3/c1-2-17(19)21-12-20-16-9-7-15(8-10-16)14-5-3-13(11-18)4-6-14/h13-16H,2-10,12H2,1H3. The number of esters is 1. The van der Waals surface area contributed by atoms with E-state index in [0.29, 0.717) is 12.3 Å². The molecule has 0 radical (unpaired) electrons. The maximum absolute atomic E-state index is 11.0. The van der Waals surface area contributed by atoms with Gasteiger partial charge in [0.05, 0.1) is 12.2 Å². The second-order valence-electron chi connectivity index (χ2n) is 6.43. The highest BCUT2D eigenvalue weighted by atomic mass is 16.7. The number of carbonyl (C=O) groups excluding carboxylic acids is 1. The first-order valence-electron chi connectivity index (χ1n) is 8.39. The zero-order chi connectivity index (χ0) is 15.1. The molecule has 4 heteroatoms. The highest BCUT2D eigenvalue weighted by Crippen LogP contribution is 2.40. The van der Waals surface area contributed by atoms with E-state index >= 15 is 0 Å². The van der Waals surface area contributed by atoms with Gasteiger partial charge >= 0.3 is 5.97 Å². The Bertz CT molecular complexity index is 361. The average molecular weight is 293 g/mol. The molecule has 0 heterocycles. The normalized spacial score (nSPS) is 33.1. The highest BCUT2D eigenvalue weighted by molar-refractivity contribution is 5.68. The fraction of sp³-hybridized carbons (Fsp3) is 0.882. The Hall–Kier alpha value is -1.08. The Kier molecular flexibility index (Phi) is 6.50. The van der Waals surface area contributed by atoms with Gasteiger partial charge in [-0.15, -0.1) is 0 Å². The van der Waals surface area contributed by atoms with Crippen LogP contribution in [-0.4, -0.2) is 18.9 Å². The van der Waals surface area contributed by atoms with Crippen molar-refractivity contribution >= 4 is 5.97 Å². The topological polar surface area (TPSA) is 59.3 Å². The van der Waals surface area contributed by atoms with Gasteiger partial charge in [0.25, 0.3) is 0 Å². The summed E-state index contributed by atoms with van der Waals surface area (Å²) in [6.45, 7) is 1.89. The highest BCUT2D eigenvalue weighted by Gasteiger charge is 2.31. The van der Waals surface area contributed by atoms with Gasteiger partial charge in [0, 0.05) is 12.3 Å². The smallest absolute Gasteiger partial charge is 0.307 e. The Morgan fingerprint density at radius 2 is 1.62 bits per heavy atom. The van der Waals surface area contributed by atoms with E-state index in [1.54, 1.807) is 6.92 Å². The van der Waals surface area contributed by atoms with Gasteiger partial charge in [-0.3, -0.25) is 4.79 Å². The zero-order valence-corrected chi connectivity index (χ0v) is 13.1. The minimum Gasteiger partial charge on any atom is -0.438 e. The molecule has 2 fully saturated rings. The first-order valence-corrected chi connectivity index (χ1v) is 8.39. The molecule has 2 aliphatic carbocycles. The lowest BCUT2D eigenvalue weighted by atomic mass is 9.71. The van der Waals surface area contributed by atoms with Crippen LogP contribution >= 0.6 is 0 Å². The van der Waals surface area contributed by atoms with Crippen molar-refractivity contribution in [2.75, 3.05) is 6.79 Å². The molecule has 2 saturated carbocycles. The van der Waals surface area contributed by atoms with Gasteiger partial charge in [-0.05, 0) is 63.2 Å². The van der Waals surface area contributed by atoms with Crippen molar-refractivity contribution in [3.8, 4) is 6.07 Å². The number of nitrogens with zero attached hydrogens (tertiary/aromatic N) is 1. The van der Waals surface area contributed by atoms with Crippen molar-refractivity contribution in [3.05, 3.63) is 0 Å². The van der Waals surface area contributed by atoms with Crippen molar-refractivity contribution in [2.45, 2.75) is 70.8 Å². The van der Waals surface area contributed by atoms with Crippen molar-refractivity contribution < 1.29 is 14.3 Å². The molecule has 0 N–H and O–H groups in total. The summed E-state index contributed by atoms with van der Waals surface area (Å²) in [6.07, 6.45) is 9.87. The molecule has 0 spiro atoms. The van der Waals surface area contributed by atoms with Gasteiger partial charge < -0.3 is 9.47 Å². The summed E-state index contributed by atoms with van der Waals surface area (Å²) in [5.41, 5.74) is 0. The van der Waals surface area contributed by atoms with Crippen molar-refractivity contribution in [2.24, 2.45) is 17.8 Å². The van der Waals surface area contributed by atoms with Crippen LogP contribution in [0.15, 0.2) is 0 Å². The van der Waals surface area contributed by atoms with Crippen molar-refractivity contribution in [1.29, 1.82) is 5.26 Å². The van der Waals surface area contributed by atoms with Crippen LogP contribution < -0.4 is 0 Å². The summed E-state index contributed by atoms with van der Waals surface area (Å²) in [5, 5.41) is 8.96. The molecule has 118 valence electrons.